The summed E-state index contributed by atoms with van der Waals surface area (Å²) in [5, 5.41) is 0. The summed E-state index contributed by atoms with van der Waals surface area (Å²) in [5.74, 6) is 0.241. The van der Waals surface area contributed by atoms with Crippen LogP contribution in [0.5, 0.6) is 0 Å². The third-order valence-electron chi connectivity index (χ3n) is 7.78. The molecule has 1 amide bonds. The maximum atomic E-state index is 13.7. The Morgan fingerprint density at radius 3 is 2.59 bits per heavy atom. The van der Waals surface area contributed by atoms with Crippen molar-refractivity contribution in [1.82, 2.24) is 14.3 Å². The van der Waals surface area contributed by atoms with Crippen molar-refractivity contribution in [3.63, 3.8) is 0 Å². The number of nitrogens with zero attached hydrogens (tertiary/aromatic N) is 3. The molecule has 3 heterocycles. The molecule has 0 N–H and O–H groups in total. The van der Waals surface area contributed by atoms with E-state index in [1.807, 2.05) is 0 Å². The first-order chi connectivity index (χ1) is 15.1. The van der Waals surface area contributed by atoms with Gasteiger partial charge in [-0.3, -0.25) is 4.79 Å². The molecule has 2 aliphatic rings. The highest BCUT2D eigenvalue weighted by atomic mass is 16.2. The molecular formula is C28H35N3O. The summed E-state index contributed by atoms with van der Waals surface area (Å²) in [6, 6.07) is 11.0. The van der Waals surface area contributed by atoms with Crippen molar-refractivity contribution in [2.45, 2.75) is 73.3 Å². The molecule has 2 bridgehead atoms. The fraction of sp³-hybridized carbons (Fsp3) is 0.500. The van der Waals surface area contributed by atoms with Crippen molar-refractivity contribution in [2.24, 2.45) is 10.8 Å². The second-order valence-corrected chi connectivity index (χ2v) is 11.5. The summed E-state index contributed by atoms with van der Waals surface area (Å²) in [6.45, 7) is 14.3. The minimum Gasteiger partial charge on any atom is -0.339 e. The molecule has 1 aromatic carbocycles. The molecule has 1 saturated carbocycles. The van der Waals surface area contributed by atoms with Gasteiger partial charge in [-0.15, -0.1) is 0 Å². The maximum Gasteiger partial charge on any atom is 0.228 e. The van der Waals surface area contributed by atoms with Gasteiger partial charge >= 0.3 is 0 Å². The zero-order chi connectivity index (χ0) is 22.8. The second-order valence-electron chi connectivity index (χ2n) is 11.5. The molecular weight excluding hydrogens is 394 g/mol. The van der Waals surface area contributed by atoms with Gasteiger partial charge in [0.05, 0.1) is 17.8 Å². The number of aryl methyl sites for hydroxylation is 3. The largest absolute Gasteiger partial charge is 0.339 e. The van der Waals surface area contributed by atoms with Crippen LogP contribution in [0.3, 0.4) is 0 Å². The molecule has 32 heavy (non-hydrogen) atoms. The highest BCUT2D eigenvalue weighted by molar-refractivity contribution is 5.82. The van der Waals surface area contributed by atoms with Crippen LogP contribution in [-0.4, -0.2) is 32.8 Å². The smallest absolute Gasteiger partial charge is 0.228 e. The van der Waals surface area contributed by atoms with Crippen molar-refractivity contribution in [2.75, 3.05) is 6.54 Å². The zero-order valence-electron chi connectivity index (χ0n) is 20.3. The Hall–Kier alpha value is -2.62. The van der Waals surface area contributed by atoms with Crippen LogP contribution in [0.1, 0.15) is 62.4 Å². The lowest BCUT2D eigenvalue weighted by Crippen LogP contribution is -2.38. The molecule has 0 spiro atoms. The van der Waals surface area contributed by atoms with E-state index in [2.05, 4.69) is 87.4 Å². The van der Waals surface area contributed by atoms with Gasteiger partial charge in [-0.2, -0.15) is 0 Å². The monoisotopic (exact) mass is 429 g/mol. The highest BCUT2D eigenvalue weighted by Gasteiger charge is 2.50. The van der Waals surface area contributed by atoms with E-state index in [1.54, 1.807) is 0 Å². The average molecular weight is 430 g/mol. The number of carbonyl (C=O) groups is 1. The van der Waals surface area contributed by atoms with E-state index in [4.69, 9.17) is 4.98 Å². The summed E-state index contributed by atoms with van der Waals surface area (Å²) in [5.41, 5.74) is 8.16. The first kappa shape index (κ1) is 21.2. The Morgan fingerprint density at radius 1 is 1.06 bits per heavy atom. The molecule has 1 aliphatic carbocycles. The minimum atomic E-state index is 0.241. The molecule has 4 heteroatoms. The van der Waals surface area contributed by atoms with E-state index in [9.17, 15) is 4.79 Å². The van der Waals surface area contributed by atoms with Crippen molar-refractivity contribution >= 4 is 11.6 Å². The van der Waals surface area contributed by atoms with E-state index in [0.717, 1.165) is 47.5 Å². The van der Waals surface area contributed by atoms with Crippen molar-refractivity contribution < 1.29 is 4.79 Å². The standard InChI is InChI=1S/C28H35N3O/c1-18-9-10-21(12-20(18)3)25-23(30-11-7-8-19(2)26(30)29-25)13-24(32)31-17-28(6)15-22(31)14-27(4,5)16-28/h7-12,22H,13-17H2,1-6H3. The number of likely N-dealkylation sites (tertiary alicyclic amines) is 1. The van der Waals surface area contributed by atoms with Gasteiger partial charge in [-0.25, -0.2) is 4.98 Å². The van der Waals surface area contributed by atoms with Crippen LogP contribution in [0, 0.1) is 31.6 Å². The summed E-state index contributed by atoms with van der Waals surface area (Å²) < 4.78 is 2.13. The van der Waals surface area contributed by atoms with Crippen LogP contribution in [0.25, 0.3) is 16.9 Å². The van der Waals surface area contributed by atoms with Crippen LogP contribution in [0.15, 0.2) is 36.5 Å². The Morgan fingerprint density at radius 2 is 1.84 bits per heavy atom. The summed E-state index contributed by atoms with van der Waals surface area (Å²) in [6.07, 6.45) is 5.88. The van der Waals surface area contributed by atoms with Crippen LogP contribution >= 0.6 is 0 Å². The minimum absolute atomic E-state index is 0.241. The maximum absolute atomic E-state index is 13.7. The number of hydrogen-bond acceptors (Lipinski definition) is 2. The molecule has 2 fully saturated rings. The number of hydrogen-bond donors (Lipinski definition) is 0. The van der Waals surface area contributed by atoms with Gasteiger partial charge in [-0.1, -0.05) is 39.0 Å². The summed E-state index contributed by atoms with van der Waals surface area (Å²) in [7, 11) is 0. The number of aromatic nitrogens is 2. The van der Waals surface area contributed by atoms with Crippen molar-refractivity contribution in [3.8, 4) is 11.3 Å². The number of rotatable bonds is 3. The van der Waals surface area contributed by atoms with Gasteiger partial charge in [0.2, 0.25) is 5.91 Å². The molecule has 1 aliphatic heterocycles. The van der Waals surface area contributed by atoms with E-state index < -0.39 is 0 Å². The van der Waals surface area contributed by atoms with Crippen LogP contribution in [-0.2, 0) is 11.2 Å². The molecule has 168 valence electrons. The average Bonchev–Trinajstić information content (AvgIpc) is 3.18. The Bertz CT molecular complexity index is 1220. The fourth-order valence-electron chi connectivity index (χ4n) is 6.54. The lowest BCUT2D eigenvalue weighted by Gasteiger charge is -2.39. The van der Waals surface area contributed by atoms with E-state index >= 15 is 0 Å². The first-order valence-corrected chi connectivity index (χ1v) is 11.9. The molecule has 2 unspecified atom stereocenters. The predicted molar refractivity (Wildman–Crippen MR) is 130 cm³/mol. The summed E-state index contributed by atoms with van der Waals surface area (Å²) in [4.78, 5) is 20.9. The third-order valence-corrected chi connectivity index (χ3v) is 7.78. The Kier molecular flexibility index (Phi) is 4.77. The number of pyridine rings is 1. The quantitative estimate of drug-likeness (QED) is 0.520. The zero-order valence-corrected chi connectivity index (χ0v) is 20.3. The second kappa shape index (κ2) is 7.19. The molecule has 1 saturated heterocycles. The molecule has 5 rings (SSSR count). The number of carbonyl (C=O) groups excluding carboxylic acids is 1. The van der Waals surface area contributed by atoms with Crippen LogP contribution in [0.2, 0.25) is 0 Å². The molecule has 2 atom stereocenters. The van der Waals surface area contributed by atoms with Gasteiger partial charge in [0.25, 0.3) is 0 Å². The normalized spacial score (nSPS) is 24.3. The molecule has 2 aromatic heterocycles. The van der Waals surface area contributed by atoms with E-state index in [0.29, 0.717) is 17.9 Å². The van der Waals surface area contributed by atoms with Gasteiger partial charge in [0, 0.05) is 24.3 Å². The van der Waals surface area contributed by atoms with Crippen LogP contribution in [0.4, 0.5) is 0 Å². The van der Waals surface area contributed by atoms with E-state index in [1.165, 1.54) is 17.5 Å². The first-order valence-electron chi connectivity index (χ1n) is 11.9. The molecule has 4 nitrogen and oxygen atoms in total. The lowest BCUT2D eigenvalue weighted by atomic mass is 9.65. The number of amides is 1. The van der Waals surface area contributed by atoms with Crippen molar-refractivity contribution in [3.05, 3.63) is 58.9 Å². The van der Waals surface area contributed by atoms with Crippen LogP contribution < -0.4 is 0 Å². The van der Waals surface area contributed by atoms with Gasteiger partial charge in [0.15, 0.2) is 0 Å². The van der Waals surface area contributed by atoms with Gasteiger partial charge < -0.3 is 9.30 Å². The Balaban J connectivity index is 1.55. The summed E-state index contributed by atoms with van der Waals surface area (Å²) >= 11 is 0. The van der Waals surface area contributed by atoms with Gasteiger partial charge in [-0.05, 0) is 79.7 Å². The molecule has 0 radical (unpaired) electrons. The number of fused-ring (bicyclic) bond motifs is 3. The van der Waals surface area contributed by atoms with Crippen molar-refractivity contribution in [1.29, 1.82) is 0 Å². The SMILES string of the molecule is Cc1ccc(-c2nc3c(C)cccn3c2CC(=O)N2CC3(C)CC2CC(C)(C)C3)cc1C. The number of imidazole rings is 1. The Labute approximate surface area is 191 Å². The number of benzene rings is 1. The van der Waals surface area contributed by atoms with E-state index in [-0.39, 0.29) is 11.3 Å². The molecule has 3 aromatic rings. The predicted octanol–water partition coefficient (Wildman–Crippen LogP) is 5.90. The topological polar surface area (TPSA) is 37.6 Å². The lowest BCUT2D eigenvalue weighted by molar-refractivity contribution is -0.131. The van der Waals surface area contributed by atoms with Gasteiger partial charge in [0.1, 0.15) is 5.65 Å². The highest BCUT2D eigenvalue weighted by Crippen LogP contribution is 2.52. The fourth-order valence-corrected chi connectivity index (χ4v) is 6.54. The third kappa shape index (κ3) is 3.54.